The van der Waals surface area contributed by atoms with Crippen molar-refractivity contribution < 1.29 is 5.11 Å². The summed E-state index contributed by atoms with van der Waals surface area (Å²) in [5, 5.41) is 10.1. The van der Waals surface area contributed by atoms with Crippen LogP contribution in [-0.4, -0.2) is 14.5 Å². The Bertz CT molecular complexity index is 689. The topological polar surface area (TPSA) is 37.5 Å². The number of nitrogens with zero attached hydrogens (tertiary/aromatic N) is 2. The third-order valence-corrected chi connectivity index (χ3v) is 3.12. The zero-order valence-electron chi connectivity index (χ0n) is 9.55. The van der Waals surface area contributed by atoms with E-state index in [1.54, 1.807) is 18.3 Å². The molecule has 0 saturated carbocycles. The summed E-state index contributed by atoms with van der Waals surface area (Å²) in [5.41, 5.74) is 2.04. The molecule has 0 fully saturated rings. The molecule has 1 N–H and O–H groups in total. The molecule has 0 aliphatic heterocycles. The van der Waals surface area contributed by atoms with Crippen LogP contribution in [0, 0.1) is 0 Å². The van der Waals surface area contributed by atoms with Crippen molar-refractivity contribution >= 4 is 17.1 Å². The lowest BCUT2D eigenvalue weighted by atomic mass is 10.1. The Hall–Kier alpha value is -2.00. The summed E-state index contributed by atoms with van der Waals surface area (Å²) in [6.07, 6.45) is 4.31. The molecule has 4 heteroatoms. The van der Waals surface area contributed by atoms with E-state index in [1.807, 2.05) is 34.9 Å². The van der Waals surface area contributed by atoms with Gasteiger partial charge in [-0.1, -0.05) is 23.7 Å². The van der Waals surface area contributed by atoms with Crippen molar-refractivity contribution in [1.29, 1.82) is 0 Å². The highest BCUT2D eigenvalue weighted by molar-refractivity contribution is 6.30. The molecule has 3 rings (SSSR count). The molecule has 0 atom stereocenters. The van der Waals surface area contributed by atoms with Crippen molar-refractivity contribution in [2.75, 3.05) is 0 Å². The predicted octanol–water partition coefficient (Wildman–Crippen LogP) is 3.28. The van der Waals surface area contributed by atoms with Crippen LogP contribution in [0.2, 0.25) is 5.02 Å². The minimum atomic E-state index is 0.250. The van der Waals surface area contributed by atoms with E-state index in [4.69, 9.17) is 11.6 Å². The molecular formula is C14H11ClN2O. The number of rotatable bonds is 2. The maximum atomic E-state index is 9.40. The van der Waals surface area contributed by atoms with Crippen molar-refractivity contribution in [3.05, 3.63) is 65.2 Å². The van der Waals surface area contributed by atoms with Gasteiger partial charge in [0.1, 0.15) is 11.6 Å². The van der Waals surface area contributed by atoms with Gasteiger partial charge >= 0.3 is 0 Å². The largest absolute Gasteiger partial charge is 0.508 e. The predicted molar refractivity (Wildman–Crippen MR) is 71.1 cm³/mol. The Morgan fingerprint density at radius 2 is 1.94 bits per heavy atom. The van der Waals surface area contributed by atoms with Crippen LogP contribution in [0.25, 0.3) is 5.52 Å². The van der Waals surface area contributed by atoms with Crippen LogP contribution in [0.4, 0.5) is 0 Å². The Balaban J connectivity index is 1.97. The molecule has 0 bridgehead atoms. The molecule has 0 aliphatic carbocycles. The lowest BCUT2D eigenvalue weighted by molar-refractivity contribution is 0.475. The lowest BCUT2D eigenvalue weighted by Gasteiger charge is -2.02. The number of hydrogen-bond acceptors (Lipinski definition) is 2. The number of aromatic nitrogens is 2. The van der Waals surface area contributed by atoms with Gasteiger partial charge in [0.05, 0.1) is 11.7 Å². The van der Waals surface area contributed by atoms with Gasteiger partial charge in [-0.15, -0.1) is 0 Å². The molecule has 90 valence electrons. The fourth-order valence-electron chi connectivity index (χ4n) is 1.96. The fourth-order valence-corrected chi connectivity index (χ4v) is 2.09. The standard InChI is InChI=1S/C14H11ClN2O/c15-11-3-1-10(2-4-11)7-14-16-9-12-8-13(18)5-6-17(12)14/h1-6,8-9,18H,7H2. The molecule has 0 spiro atoms. The summed E-state index contributed by atoms with van der Waals surface area (Å²) in [6, 6.07) is 11.1. The molecule has 3 nitrogen and oxygen atoms in total. The summed E-state index contributed by atoms with van der Waals surface area (Å²) in [6.45, 7) is 0. The van der Waals surface area contributed by atoms with Crippen LogP contribution in [0.1, 0.15) is 11.4 Å². The van der Waals surface area contributed by atoms with Gasteiger partial charge in [-0.3, -0.25) is 0 Å². The molecule has 0 amide bonds. The maximum Gasteiger partial charge on any atom is 0.119 e. The Labute approximate surface area is 109 Å². The molecular weight excluding hydrogens is 248 g/mol. The molecule has 18 heavy (non-hydrogen) atoms. The number of benzene rings is 1. The van der Waals surface area contributed by atoms with E-state index in [0.717, 1.165) is 28.3 Å². The molecule has 2 heterocycles. The zero-order chi connectivity index (χ0) is 12.5. The number of hydrogen-bond donors (Lipinski definition) is 1. The number of imidazole rings is 1. The molecule has 0 radical (unpaired) electrons. The Morgan fingerprint density at radius 3 is 2.72 bits per heavy atom. The van der Waals surface area contributed by atoms with Crippen molar-refractivity contribution in [1.82, 2.24) is 9.38 Å². The second kappa shape index (κ2) is 4.35. The summed E-state index contributed by atoms with van der Waals surface area (Å²) >= 11 is 5.86. The van der Waals surface area contributed by atoms with Crippen molar-refractivity contribution in [2.24, 2.45) is 0 Å². The van der Waals surface area contributed by atoms with E-state index >= 15 is 0 Å². The SMILES string of the molecule is Oc1ccn2c(Cc3ccc(Cl)cc3)ncc2c1. The molecule has 0 saturated heterocycles. The van der Waals surface area contributed by atoms with Gasteiger partial charge in [-0.05, 0) is 23.8 Å². The van der Waals surface area contributed by atoms with Crippen LogP contribution in [0.3, 0.4) is 0 Å². The molecule has 1 aromatic carbocycles. The van der Waals surface area contributed by atoms with E-state index in [9.17, 15) is 5.11 Å². The maximum absolute atomic E-state index is 9.40. The zero-order valence-corrected chi connectivity index (χ0v) is 10.3. The summed E-state index contributed by atoms with van der Waals surface area (Å²) in [5.74, 6) is 1.19. The number of aromatic hydroxyl groups is 1. The number of fused-ring (bicyclic) bond motifs is 1. The second-order valence-electron chi connectivity index (χ2n) is 4.16. The fraction of sp³-hybridized carbons (Fsp3) is 0.0714. The monoisotopic (exact) mass is 258 g/mol. The quantitative estimate of drug-likeness (QED) is 0.766. The summed E-state index contributed by atoms with van der Waals surface area (Å²) in [4.78, 5) is 4.37. The van der Waals surface area contributed by atoms with Gasteiger partial charge in [0.2, 0.25) is 0 Å². The number of halogens is 1. The summed E-state index contributed by atoms with van der Waals surface area (Å²) < 4.78 is 1.97. The first-order valence-corrected chi connectivity index (χ1v) is 5.99. The van der Waals surface area contributed by atoms with Crippen molar-refractivity contribution in [2.45, 2.75) is 6.42 Å². The van der Waals surface area contributed by atoms with Crippen LogP contribution in [0.15, 0.2) is 48.8 Å². The van der Waals surface area contributed by atoms with Crippen molar-refractivity contribution in [3.8, 4) is 5.75 Å². The average molecular weight is 259 g/mol. The van der Waals surface area contributed by atoms with E-state index < -0.39 is 0 Å². The molecule has 2 aromatic heterocycles. The summed E-state index contributed by atoms with van der Waals surface area (Å²) in [7, 11) is 0. The van der Waals surface area contributed by atoms with E-state index in [0.29, 0.717) is 0 Å². The third kappa shape index (κ3) is 2.05. The van der Waals surface area contributed by atoms with Crippen molar-refractivity contribution in [3.63, 3.8) is 0 Å². The minimum absolute atomic E-state index is 0.250. The lowest BCUT2D eigenvalue weighted by Crippen LogP contribution is -1.95. The van der Waals surface area contributed by atoms with Gasteiger partial charge in [0, 0.05) is 23.7 Å². The van der Waals surface area contributed by atoms with E-state index in [-0.39, 0.29) is 5.75 Å². The highest BCUT2D eigenvalue weighted by atomic mass is 35.5. The minimum Gasteiger partial charge on any atom is -0.508 e. The molecule has 3 aromatic rings. The number of pyridine rings is 1. The Kier molecular flexibility index (Phi) is 2.68. The average Bonchev–Trinajstić information content (AvgIpc) is 2.74. The van der Waals surface area contributed by atoms with Crippen LogP contribution >= 0.6 is 11.6 Å². The third-order valence-electron chi connectivity index (χ3n) is 2.87. The molecule has 0 unspecified atom stereocenters. The van der Waals surface area contributed by atoms with Crippen LogP contribution in [0.5, 0.6) is 5.75 Å². The van der Waals surface area contributed by atoms with E-state index in [1.165, 1.54) is 0 Å². The van der Waals surface area contributed by atoms with Gasteiger partial charge in [0.15, 0.2) is 0 Å². The smallest absolute Gasteiger partial charge is 0.119 e. The van der Waals surface area contributed by atoms with E-state index in [2.05, 4.69) is 4.98 Å². The van der Waals surface area contributed by atoms with Gasteiger partial charge in [-0.25, -0.2) is 4.98 Å². The molecule has 0 aliphatic rings. The highest BCUT2D eigenvalue weighted by Gasteiger charge is 2.05. The van der Waals surface area contributed by atoms with Crippen LogP contribution in [-0.2, 0) is 6.42 Å². The first-order chi connectivity index (χ1) is 8.72. The highest BCUT2D eigenvalue weighted by Crippen LogP contribution is 2.17. The first kappa shape index (κ1) is 11.1. The van der Waals surface area contributed by atoms with Gasteiger partial charge < -0.3 is 9.51 Å². The van der Waals surface area contributed by atoms with Gasteiger partial charge in [0.25, 0.3) is 0 Å². The van der Waals surface area contributed by atoms with Crippen LogP contribution < -0.4 is 0 Å². The Morgan fingerprint density at radius 1 is 1.17 bits per heavy atom. The van der Waals surface area contributed by atoms with Gasteiger partial charge in [-0.2, -0.15) is 0 Å². The second-order valence-corrected chi connectivity index (χ2v) is 4.59. The normalized spacial score (nSPS) is 10.9. The first-order valence-electron chi connectivity index (χ1n) is 5.62.